The number of hydrogen-bond acceptors (Lipinski definition) is 3. The lowest BCUT2D eigenvalue weighted by Gasteiger charge is -2.33. The van der Waals surface area contributed by atoms with Gasteiger partial charge >= 0.3 is 0 Å². The number of nitrogens with one attached hydrogen (secondary N) is 1. The van der Waals surface area contributed by atoms with Crippen molar-refractivity contribution in [1.82, 2.24) is 5.32 Å². The second-order valence-electron chi connectivity index (χ2n) is 8.49. The van der Waals surface area contributed by atoms with Gasteiger partial charge in [0.2, 0.25) is 0 Å². The van der Waals surface area contributed by atoms with Gasteiger partial charge in [-0.25, -0.2) is 0 Å². The van der Waals surface area contributed by atoms with Gasteiger partial charge in [0.25, 0.3) is 5.91 Å². The van der Waals surface area contributed by atoms with Crippen LogP contribution in [0.15, 0.2) is 72.8 Å². The normalized spacial score (nSPS) is 17.9. The molecular weight excluding hydrogens is 410 g/mol. The number of benzene rings is 3. The third-order valence-corrected chi connectivity index (χ3v) is 6.33. The lowest BCUT2D eigenvalue weighted by molar-refractivity contribution is 0.0920. The van der Waals surface area contributed by atoms with Crippen LogP contribution in [0.25, 0.3) is 11.1 Å². The van der Waals surface area contributed by atoms with Gasteiger partial charge in [0.1, 0.15) is 0 Å². The van der Waals surface area contributed by atoms with Crippen LogP contribution in [0, 0.1) is 0 Å². The number of hydrogen-bond donors (Lipinski definition) is 1. The van der Waals surface area contributed by atoms with E-state index in [1.54, 1.807) is 0 Å². The smallest absolute Gasteiger partial charge is 0.251 e. The maximum Gasteiger partial charge on any atom is 0.251 e. The zero-order chi connectivity index (χ0) is 23.0. The van der Waals surface area contributed by atoms with Gasteiger partial charge in [0, 0.05) is 17.5 Å². The largest absolute Gasteiger partial charge is 0.490 e. The maximum absolute atomic E-state index is 13.1. The molecule has 3 aromatic carbocycles. The number of rotatable bonds is 8. The molecule has 0 aromatic heterocycles. The average molecular weight is 444 g/mol. The first-order valence-electron chi connectivity index (χ1n) is 12.1. The Morgan fingerprint density at radius 1 is 0.818 bits per heavy atom. The van der Waals surface area contributed by atoms with Crippen molar-refractivity contribution in [2.75, 3.05) is 13.2 Å². The third kappa shape index (κ3) is 5.57. The van der Waals surface area contributed by atoms with Crippen molar-refractivity contribution < 1.29 is 14.3 Å². The molecule has 4 nitrogen and oxygen atoms in total. The standard InChI is InChI=1S/C29H33NO3/c1-3-32-27-19-18-24(20-28(27)33-4-2)25-12-8-9-13-26(25)30-29(31)23-16-14-22(15-17-23)21-10-6-5-7-11-21/h5-7,10-11,14-20,25-26H,3-4,8-9,12-13H2,1-2H3,(H,30,31). The van der Waals surface area contributed by atoms with Gasteiger partial charge in [0.15, 0.2) is 11.5 Å². The van der Waals surface area contributed by atoms with Crippen molar-refractivity contribution >= 4 is 5.91 Å². The molecular formula is C29H33NO3. The van der Waals surface area contributed by atoms with Crippen molar-refractivity contribution in [3.05, 3.63) is 83.9 Å². The zero-order valence-electron chi connectivity index (χ0n) is 19.6. The minimum atomic E-state index is -0.0116. The highest BCUT2D eigenvalue weighted by Crippen LogP contribution is 2.38. The Bertz CT molecular complexity index is 1050. The molecule has 1 saturated carbocycles. The zero-order valence-corrected chi connectivity index (χ0v) is 19.6. The van der Waals surface area contributed by atoms with Gasteiger partial charge in [-0.2, -0.15) is 0 Å². The van der Waals surface area contributed by atoms with E-state index in [4.69, 9.17) is 9.47 Å². The summed E-state index contributed by atoms with van der Waals surface area (Å²) in [6, 6.07) is 24.4. The highest BCUT2D eigenvalue weighted by molar-refractivity contribution is 5.95. The van der Waals surface area contributed by atoms with Gasteiger partial charge in [-0.15, -0.1) is 0 Å². The third-order valence-electron chi connectivity index (χ3n) is 6.33. The fourth-order valence-electron chi connectivity index (χ4n) is 4.70. The van der Waals surface area contributed by atoms with Crippen LogP contribution >= 0.6 is 0 Å². The molecule has 172 valence electrons. The highest BCUT2D eigenvalue weighted by Gasteiger charge is 2.29. The van der Waals surface area contributed by atoms with Crippen molar-refractivity contribution in [3.8, 4) is 22.6 Å². The highest BCUT2D eigenvalue weighted by atomic mass is 16.5. The summed E-state index contributed by atoms with van der Waals surface area (Å²) < 4.78 is 11.6. The minimum Gasteiger partial charge on any atom is -0.490 e. The first-order valence-corrected chi connectivity index (χ1v) is 12.1. The van der Waals surface area contributed by atoms with Crippen LogP contribution in [-0.4, -0.2) is 25.2 Å². The lowest BCUT2D eigenvalue weighted by Crippen LogP contribution is -2.41. The molecule has 2 unspecified atom stereocenters. The van der Waals surface area contributed by atoms with Crippen LogP contribution in [-0.2, 0) is 0 Å². The van der Waals surface area contributed by atoms with E-state index in [-0.39, 0.29) is 17.9 Å². The number of carbonyl (C=O) groups excluding carboxylic acids is 1. The van der Waals surface area contributed by atoms with Crippen molar-refractivity contribution in [1.29, 1.82) is 0 Å². The van der Waals surface area contributed by atoms with Gasteiger partial charge in [-0.1, -0.05) is 61.4 Å². The maximum atomic E-state index is 13.1. The molecule has 0 spiro atoms. The molecule has 2 atom stereocenters. The lowest BCUT2D eigenvalue weighted by atomic mass is 9.79. The Labute approximate surface area is 196 Å². The van der Waals surface area contributed by atoms with E-state index in [1.165, 1.54) is 12.0 Å². The molecule has 33 heavy (non-hydrogen) atoms. The van der Waals surface area contributed by atoms with Crippen LogP contribution < -0.4 is 14.8 Å². The number of ether oxygens (including phenoxy) is 2. The summed E-state index contributed by atoms with van der Waals surface area (Å²) in [5.41, 5.74) is 4.16. The molecule has 1 fully saturated rings. The fourth-order valence-corrected chi connectivity index (χ4v) is 4.70. The van der Waals surface area contributed by atoms with Crippen molar-refractivity contribution in [2.24, 2.45) is 0 Å². The Kier molecular flexibility index (Phi) is 7.66. The van der Waals surface area contributed by atoms with Gasteiger partial charge in [-0.3, -0.25) is 4.79 Å². The predicted octanol–water partition coefficient (Wildman–Crippen LogP) is 6.61. The monoisotopic (exact) mass is 443 g/mol. The molecule has 1 N–H and O–H groups in total. The Morgan fingerprint density at radius 3 is 2.21 bits per heavy atom. The van der Waals surface area contributed by atoms with E-state index < -0.39 is 0 Å². The predicted molar refractivity (Wildman–Crippen MR) is 133 cm³/mol. The van der Waals surface area contributed by atoms with Crippen LogP contribution in [0.4, 0.5) is 0 Å². The summed E-state index contributed by atoms with van der Waals surface area (Å²) in [4.78, 5) is 13.1. The SMILES string of the molecule is CCOc1ccc(C2CCCCC2NC(=O)c2ccc(-c3ccccc3)cc2)cc1OCC. The second kappa shape index (κ2) is 11.0. The summed E-state index contributed by atoms with van der Waals surface area (Å²) in [6.07, 6.45) is 4.33. The van der Waals surface area contributed by atoms with E-state index in [9.17, 15) is 4.79 Å². The van der Waals surface area contributed by atoms with Crippen molar-refractivity contribution in [3.63, 3.8) is 0 Å². The second-order valence-corrected chi connectivity index (χ2v) is 8.49. The van der Waals surface area contributed by atoms with Crippen LogP contribution in [0.3, 0.4) is 0 Å². The Morgan fingerprint density at radius 2 is 1.48 bits per heavy atom. The summed E-state index contributed by atoms with van der Waals surface area (Å²) in [6.45, 7) is 5.15. The molecule has 1 amide bonds. The van der Waals surface area contributed by atoms with E-state index in [1.807, 2.05) is 62.4 Å². The summed E-state index contributed by atoms with van der Waals surface area (Å²) in [7, 11) is 0. The minimum absolute atomic E-state index is 0.0116. The quantitative estimate of drug-likeness (QED) is 0.426. The van der Waals surface area contributed by atoms with Gasteiger partial charge in [-0.05, 0) is 67.6 Å². The molecule has 0 saturated heterocycles. The first kappa shape index (κ1) is 22.9. The van der Waals surface area contributed by atoms with Crippen LogP contribution in [0.1, 0.15) is 61.4 Å². The van der Waals surface area contributed by atoms with Crippen LogP contribution in [0.5, 0.6) is 11.5 Å². The van der Waals surface area contributed by atoms with E-state index in [2.05, 4.69) is 29.6 Å². The van der Waals surface area contributed by atoms with E-state index in [0.29, 0.717) is 18.8 Å². The molecule has 4 rings (SSSR count). The van der Waals surface area contributed by atoms with Gasteiger partial charge < -0.3 is 14.8 Å². The Balaban J connectivity index is 1.49. The summed E-state index contributed by atoms with van der Waals surface area (Å²) in [5, 5.41) is 3.32. The number of carbonyl (C=O) groups is 1. The molecule has 1 aliphatic rings. The molecule has 0 aliphatic heterocycles. The van der Waals surface area contributed by atoms with Crippen molar-refractivity contribution in [2.45, 2.75) is 51.5 Å². The molecule has 0 radical (unpaired) electrons. The molecule has 4 heteroatoms. The molecule has 0 heterocycles. The Hall–Kier alpha value is -3.27. The molecule has 0 bridgehead atoms. The summed E-state index contributed by atoms with van der Waals surface area (Å²) >= 11 is 0. The van der Waals surface area contributed by atoms with Crippen LogP contribution in [0.2, 0.25) is 0 Å². The van der Waals surface area contributed by atoms with E-state index >= 15 is 0 Å². The number of amides is 1. The van der Waals surface area contributed by atoms with Gasteiger partial charge in [0.05, 0.1) is 13.2 Å². The molecule has 1 aliphatic carbocycles. The summed E-state index contributed by atoms with van der Waals surface area (Å²) in [5.74, 6) is 1.81. The topological polar surface area (TPSA) is 47.6 Å². The average Bonchev–Trinajstić information content (AvgIpc) is 2.86. The first-order chi connectivity index (χ1) is 16.2. The molecule has 3 aromatic rings. The van der Waals surface area contributed by atoms with E-state index in [0.717, 1.165) is 41.9 Å². The fraction of sp³-hybridized carbons (Fsp3) is 0.345.